The molecule has 1 aromatic heterocycles. The third-order valence-corrected chi connectivity index (χ3v) is 5.08. The lowest BCUT2D eigenvalue weighted by Crippen LogP contribution is -2.43. The molecule has 26 heavy (non-hydrogen) atoms. The molecule has 2 heterocycles. The lowest BCUT2D eigenvalue weighted by atomic mass is 9.87. The van der Waals surface area contributed by atoms with Crippen LogP contribution in [0.1, 0.15) is 59.3 Å². The highest BCUT2D eigenvalue weighted by Gasteiger charge is 2.38. The number of ketones is 1. The fourth-order valence-electron chi connectivity index (χ4n) is 3.73. The van der Waals surface area contributed by atoms with Crippen LogP contribution in [0.3, 0.4) is 0 Å². The summed E-state index contributed by atoms with van der Waals surface area (Å²) in [6, 6.07) is 8.92. The maximum absolute atomic E-state index is 12.7. The average Bonchev–Trinajstić information content (AvgIpc) is 3.31. The van der Waals surface area contributed by atoms with Gasteiger partial charge in [-0.2, -0.15) is 0 Å². The Morgan fingerprint density at radius 2 is 1.65 bits per heavy atom. The van der Waals surface area contributed by atoms with Crippen molar-refractivity contribution in [3.05, 3.63) is 47.4 Å². The summed E-state index contributed by atoms with van der Waals surface area (Å²) in [6.45, 7) is 2.48. The summed E-state index contributed by atoms with van der Waals surface area (Å²) in [4.78, 5) is 24.1. The molecule has 1 N–H and O–H groups in total. The molecule has 1 aliphatic heterocycles. The van der Waals surface area contributed by atoms with Gasteiger partial charge in [-0.05, 0) is 42.7 Å². The predicted molar refractivity (Wildman–Crippen MR) is 93.8 cm³/mol. The lowest BCUT2D eigenvalue weighted by Gasteiger charge is -2.32. The Hall–Kier alpha value is -2.76. The van der Waals surface area contributed by atoms with E-state index in [4.69, 9.17) is 13.9 Å². The molecule has 6 nitrogen and oxygen atoms in total. The van der Waals surface area contributed by atoms with Gasteiger partial charge in [0.05, 0.1) is 5.54 Å². The first kappa shape index (κ1) is 16.7. The Balaban J connectivity index is 1.62. The average molecular weight is 355 g/mol. The molecule has 1 amide bonds. The first-order valence-electron chi connectivity index (χ1n) is 8.91. The smallest absolute Gasteiger partial charge is 0.287 e. The summed E-state index contributed by atoms with van der Waals surface area (Å²) in [5, 5.41) is 3.14. The second-order valence-corrected chi connectivity index (χ2v) is 6.82. The molecule has 0 bridgehead atoms. The van der Waals surface area contributed by atoms with E-state index in [1.807, 2.05) is 18.2 Å². The topological polar surface area (TPSA) is 77.8 Å². The number of carbonyl (C=O) groups excluding carboxylic acids is 2. The number of ether oxygens (including phenoxy) is 2. The zero-order valence-corrected chi connectivity index (χ0v) is 14.7. The van der Waals surface area contributed by atoms with Crippen molar-refractivity contribution >= 4 is 11.7 Å². The lowest BCUT2D eigenvalue weighted by molar-refractivity contribution is 0.0864. The van der Waals surface area contributed by atoms with E-state index in [2.05, 4.69) is 5.32 Å². The number of hydrogen-bond acceptors (Lipinski definition) is 5. The van der Waals surface area contributed by atoms with Crippen molar-refractivity contribution < 1.29 is 23.5 Å². The van der Waals surface area contributed by atoms with Crippen molar-refractivity contribution in [1.29, 1.82) is 0 Å². The first-order chi connectivity index (χ1) is 12.6. The van der Waals surface area contributed by atoms with Crippen molar-refractivity contribution in [2.45, 2.75) is 38.1 Å². The van der Waals surface area contributed by atoms with Crippen LogP contribution in [0.5, 0.6) is 11.5 Å². The molecule has 1 aromatic carbocycles. The second-order valence-electron chi connectivity index (χ2n) is 6.82. The molecule has 0 atom stereocenters. The molecule has 4 rings (SSSR count). The molecule has 1 saturated carbocycles. The van der Waals surface area contributed by atoms with Crippen molar-refractivity contribution in [3.63, 3.8) is 0 Å². The Kier molecular flexibility index (Phi) is 4.18. The van der Waals surface area contributed by atoms with Crippen LogP contribution in [0.25, 0.3) is 0 Å². The maximum Gasteiger partial charge on any atom is 0.287 e. The van der Waals surface area contributed by atoms with E-state index in [1.165, 1.54) is 13.0 Å². The van der Waals surface area contributed by atoms with Gasteiger partial charge in [0.15, 0.2) is 28.8 Å². The molecule has 0 spiro atoms. The van der Waals surface area contributed by atoms with Gasteiger partial charge in [-0.1, -0.05) is 18.9 Å². The minimum atomic E-state index is -0.462. The molecule has 2 aliphatic rings. The quantitative estimate of drug-likeness (QED) is 0.850. The molecule has 136 valence electrons. The predicted octanol–water partition coefficient (Wildman–Crippen LogP) is 3.45. The number of Topliss-reactive ketones (excluding diaryl/α,β-unsaturated/α-hetero) is 1. The van der Waals surface area contributed by atoms with Gasteiger partial charge in [0.1, 0.15) is 13.2 Å². The molecule has 6 heteroatoms. The Morgan fingerprint density at radius 3 is 2.35 bits per heavy atom. The van der Waals surface area contributed by atoms with E-state index in [9.17, 15) is 9.59 Å². The van der Waals surface area contributed by atoms with Gasteiger partial charge in [0.2, 0.25) is 0 Å². The van der Waals surface area contributed by atoms with Crippen LogP contribution in [0.15, 0.2) is 34.7 Å². The largest absolute Gasteiger partial charge is 0.486 e. The third-order valence-electron chi connectivity index (χ3n) is 5.08. The van der Waals surface area contributed by atoms with Gasteiger partial charge in [0.25, 0.3) is 5.91 Å². The third kappa shape index (κ3) is 2.96. The second kappa shape index (κ2) is 6.52. The molecular weight excluding hydrogens is 334 g/mol. The van der Waals surface area contributed by atoms with Crippen LogP contribution < -0.4 is 14.8 Å². The van der Waals surface area contributed by atoms with Gasteiger partial charge >= 0.3 is 0 Å². The molecule has 2 aromatic rings. The van der Waals surface area contributed by atoms with E-state index < -0.39 is 5.54 Å². The van der Waals surface area contributed by atoms with Gasteiger partial charge in [-0.25, -0.2) is 0 Å². The van der Waals surface area contributed by atoms with Crippen LogP contribution in [-0.4, -0.2) is 24.9 Å². The summed E-state index contributed by atoms with van der Waals surface area (Å²) in [5.74, 6) is 1.28. The minimum absolute atomic E-state index is 0.152. The normalized spacial score (nSPS) is 17.7. The number of furan rings is 1. The number of nitrogens with one attached hydrogen (secondary N) is 1. The van der Waals surface area contributed by atoms with Gasteiger partial charge in [0, 0.05) is 6.92 Å². The number of benzene rings is 1. The van der Waals surface area contributed by atoms with E-state index in [1.54, 1.807) is 6.07 Å². The fraction of sp³-hybridized carbons (Fsp3) is 0.400. The number of amides is 1. The highest BCUT2D eigenvalue weighted by Crippen LogP contribution is 2.42. The summed E-state index contributed by atoms with van der Waals surface area (Å²) in [7, 11) is 0. The number of fused-ring (bicyclic) bond motifs is 1. The summed E-state index contributed by atoms with van der Waals surface area (Å²) in [5.41, 5.74) is 0.543. The van der Waals surface area contributed by atoms with Crippen LogP contribution in [0.2, 0.25) is 0 Å². The fourth-order valence-corrected chi connectivity index (χ4v) is 3.73. The van der Waals surface area contributed by atoms with Crippen molar-refractivity contribution in [2.75, 3.05) is 13.2 Å². The summed E-state index contributed by atoms with van der Waals surface area (Å²) >= 11 is 0. The SMILES string of the molecule is CC(=O)c1ccc(C(=O)NC2(c3ccc4c(c3)OCCO4)CCCC2)o1. The van der Waals surface area contributed by atoms with E-state index in [-0.39, 0.29) is 23.2 Å². The van der Waals surface area contributed by atoms with Crippen molar-refractivity contribution in [2.24, 2.45) is 0 Å². The van der Waals surface area contributed by atoms with Crippen LogP contribution >= 0.6 is 0 Å². The summed E-state index contributed by atoms with van der Waals surface area (Å²) in [6.07, 6.45) is 3.76. The van der Waals surface area contributed by atoms with Gasteiger partial charge in [-0.3, -0.25) is 9.59 Å². The van der Waals surface area contributed by atoms with Crippen molar-refractivity contribution in [3.8, 4) is 11.5 Å². The highest BCUT2D eigenvalue weighted by molar-refractivity contribution is 5.95. The Labute approximate surface area is 151 Å². The number of rotatable bonds is 4. The van der Waals surface area contributed by atoms with Crippen LogP contribution in [0, 0.1) is 0 Å². The van der Waals surface area contributed by atoms with Gasteiger partial charge in [-0.15, -0.1) is 0 Å². The molecular formula is C20H21NO5. The molecule has 0 unspecified atom stereocenters. The Morgan fingerprint density at radius 1 is 0.962 bits per heavy atom. The molecule has 0 saturated heterocycles. The standard InChI is InChI=1S/C20H21NO5/c1-13(22)15-6-7-17(26-15)19(23)21-20(8-2-3-9-20)14-4-5-16-18(12-14)25-11-10-24-16/h4-7,12H,2-3,8-11H2,1H3,(H,21,23). The van der Waals surface area contributed by atoms with Crippen LogP contribution in [0.4, 0.5) is 0 Å². The van der Waals surface area contributed by atoms with Crippen molar-refractivity contribution in [1.82, 2.24) is 5.32 Å². The molecule has 0 radical (unpaired) electrons. The molecule has 1 aliphatic carbocycles. The first-order valence-corrected chi connectivity index (χ1v) is 8.91. The highest BCUT2D eigenvalue weighted by atomic mass is 16.6. The number of hydrogen-bond donors (Lipinski definition) is 1. The zero-order chi connectivity index (χ0) is 18.1. The monoisotopic (exact) mass is 355 g/mol. The van der Waals surface area contributed by atoms with E-state index in [0.29, 0.717) is 19.0 Å². The zero-order valence-electron chi connectivity index (χ0n) is 14.7. The summed E-state index contributed by atoms with van der Waals surface area (Å²) < 4.78 is 16.7. The van der Waals surface area contributed by atoms with Crippen LogP contribution in [-0.2, 0) is 5.54 Å². The Bertz CT molecular complexity index is 848. The maximum atomic E-state index is 12.7. The van der Waals surface area contributed by atoms with E-state index in [0.717, 1.165) is 37.0 Å². The van der Waals surface area contributed by atoms with E-state index >= 15 is 0 Å². The minimum Gasteiger partial charge on any atom is -0.486 e. The van der Waals surface area contributed by atoms with Gasteiger partial charge < -0.3 is 19.2 Å². The molecule has 1 fully saturated rings. The number of carbonyl (C=O) groups is 2.